The third kappa shape index (κ3) is 4.66. The van der Waals surface area contributed by atoms with E-state index in [4.69, 9.17) is 4.74 Å². The molecule has 1 aliphatic carbocycles. The molecule has 0 fully saturated rings. The van der Waals surface area contributed by atoms with Gasteiger partial charge < -0.3 is 4.74 Å². The topological polar surface area (TPSA) is 26.3 Å². The maximum Gasteiger partial charge on any atom is 0.338 e. The lowest BCUT2D eigenvalue weighted by Crippen LogP contribution is -2.22. The first-order chi connectivity index (χ1) is 13.3. The third-order valence-electron chi connectivity index (χ3n) is 5.84. The molecule has 152 valence electrons. The SMILES string of the molecule is C=CC(C)=C(C1=C(C)CCCC1(C)C)c1ccc(C(=O)OCCC)cc1CC. The van der Waals surface area contributed by atoms with Crippen molar-refractivity contribution in [2.75, 3.05) is 6.61 Å². The number of benzene rings is 1. The van der Waals surface area contributed by atoms with E-state index in [0.29, 0.717) is 12.2 Å². The Balaban J connectivity index is 2.63. The standard InChI is InChI=1S/C26H36O2/c1-8-16-28-25(27)21-13-14-22(20(10-3)17-21)23(18(4)9-2)24-19(5)12-11-15-26(24,6)7/h9,13-14,17H,2,8,10-12,15-16H2,1,3-7H3. The molecule has 0 unspecified atom stereocenters. The van der Waals surface area contributed by atoms with Gasteiger partial charge >= 0.3 is 5.97 Å². The van der Waals surface area contributed by atoms with Gasteiger partial charge in [-0.15, -0.1) is 0 Å². The van der Waals surface area contributed by atoms with E-state index in [1.165, 1.54) is 46.3 Å². The zero-order valence-corrected chi connectivity index (χ0v) is 18.6. The fraction of sp³-hybridized carbons (Fsp3) is 0.500. The number of carbonyl (C=O) groups is 1. The summed E-state index contributed by atoms with van der Waals surface area (Å²) in [6.45, 7) is 17.8. The van der Waals surface area contributed by atoms with E-state index in [-0.39, 0.29) is 11.4 Å². The van der Waals surface area contributed by atoms with E-state index < -0.39 is 0 Å². The van der Waals surface area contributed by atoms with Gasteiger partial charge in [0, 0.05) is 0 Å². The van der Waals surface area contributed by atoms with Crippen LogP contribution in [0.1, 0.15) is 88.7 Å². The molecule has 0 atom stereocenters. The minimum Gasteiger partial charge on any atom is -0.462 e. The van der Waals surface area contributed by atoms with E-state index in [1.54, 1.807) is 0 Å². The maximum atomic E-state index is 12.3. The van der Waals surface area contributed by atoms with Crippen molar-refractivity contribution in [2.45, 2.75) is 73.6 Å². The van der Waals surface area contributed by atoms with Crippen molar-refractivity contribution in [2.24, 2.45) is 5.41 Å². The normalized spacial score (nSPS) is 17.2. The van der Waals surface area contributed by atoms with E-state index in [9.17, 15) is 4.79 Å². The summed E-state index contributed by atoms with van der Waals surface area (Å²) in [4.78, 5) is 12.3. The summed E-state index contributed by atoms with van der Waals surface area (Å²) >= 11 is 0. The third-order valence-corrected chi connectivity index (χ3v) is 5.84. The lowest BCUT2D eigenvalue weighted by Gasteiger charge is -2.37. The largest absolute Gasteiger partial charge is 0.462 e. The van der Waals surface area contributed by atoms with Gasteiger partial charge in [-0.1, -0.05) is 52.0 Å². The fourth-order valence-corrected chi connectivity index (χ4v) is 4.36. The maximum absolute atomic E-state index is 12.3. The zero-order valence-electron chi connectivity index (χ0n) is 18.6. The van der Waals surface area contributed by atoms with Crippen molar-refractivity contribution in [3.63, 3.8) is 0 Å². The molecule has 0 N–H and O–H groups in total. The molecule has 0 heterocycles. The number of carbonyl (C=O) groups excluding carboxylic acids is 1. The average Bonchev–Trinajstić information content (AvgIpc) is 2.67. The summed E-state index contributed by atoms with van der Waals surface area (Å²) in [5.74, 6) is -0.234. The van der Waals surface area contributed by atoms with E-state index >= 15 is 0 Å². The van der Waals surface area contributed by atoms with Crippen LogP contribution in [0.25, 0.3) is 5.57 Å². The predicted octanol–water partition coefficient (Wildman–Crippen LogP) is 7.30. The first-order valence-corrected chi connectivity index (χ1v) is 10.6. The smallest absolute Gasteiger partial charge is 0.338 e. The summed E-state index contributed by atoms with van der Waals surface area (Å²) < 4.78 is 5.34. The molecule has 0 bridgehead atoms. The van der Waals surface area contributed by atoms with E-state index in [1.807, 2.05) is 25.1 Å². The molecule has 0 saturated heterocycles. The molecule has 28 heavy (non-hydrogen) atoms. The highest BCUT2D eigenvalue weighted by atomic mass is 16.5. The highest BCUT2D eigenvalue weighted by Gasteiger charge is 2.32. The van der Waals surface area contributed by atoms with Gasteiger partial charge in [-0.2, -0.15) is 0 Å². The van der Waals surface area contributed by atoms with Crippen molar-refractivity contribution in [1.29, 1.82) is 0 Å². The molecular formula is C26H36O2. The fourth-order valence-electron chi connectivity index (χ4n) is 4.36. The van der Waals surface area contributed by atoms with E-state index in [0.717, 1.165) is 19.3 Å². The first kappa shape index (κ1) is 22.2. The summed E-state index contributed by atoms with van der Waals surface area (Å²) in [5, 5.41) is 0. The highest BCUT2D eigenvalue weighted by Crippen LogP contribution is 2.48. The van der Waals surface area contributed by atoms with Crippen molar-refractivity contribution < 1.29 is 9.53 Å². The van der Waals surface area contributed by atoms with Crippen LogP contribution in [0, 0.1) is 5.41 Å². The van der Waals surface area contributed by atoms with Crippen LogP contribution >= 0.6 is 0 Å². The Morgan fingerprint density at radius 2 is 2.00 bits per heavy atom. The zero-order chi connectivity index (χ0) is 20.9. The molecule has 0 saturated carbocycles. The van der Waals surface area contributed by atoms with Gasteiger partial charge in [-0.25, -0.2) is 4.79 Å². The van der Waals surface area contributed by atoms with Crippen LogP contribution in [0.15, 0.2) is 47.6 Å². The Bertz CT molecular complexity index is 806. The van der Waals surface area contributed by atoms with Crippen LogP contribution in [0.2, 0.25) is 0 Å². The van der Waals surface area contributed by atoms with Gasteiger partial charge in [-0.05, 0) is 91.3 Å². The Morgan fingerprint density at radius 1 is 1.29 bits per heavy atom. The van der Waals surface area contributed by atoms with Crippen LogP contribution < -0.4 is 0 Å². The molecule has 0 radical (unpaired) electrons. The van der Waals surface area contributed by atoms with Crippen molar-refractivity contribution >= 4 is 11.5 Å². The van der Waals surface area contributed by atoms with Gasteiger partial charge in [0.15, 0.2) is 0 Å². The van der Waals surface area contributed by atoms with Crippen LogP contribution in [-0.2, 0) is 11.2 Å². The van der Waals surface area contributed by atoms with Gasteiger partial charge in [0.1, 0.15) is 0 Å². The highest BCUT2D eigenvalue weighted by molar-refractivity contribution is 5.92. The number of esters is 1. The molecule has 2 heteroatoms. The minimum absolute atomic E-state index is 0.131. The summed E-state index contributed by atoms with van der Waals surface area (Å²) in [6, 6.07) is 6.03. The minimum atomic E-state index is -0.234. The Labute approximate surface area is 171 Å². The Hall–Kier alpha value is -2.09. The second kappa shape index (κ2) is 9.41. The molecule has 2 nitrogen and oxygen atoms in total. The number of rotatable bonds is 7. The summed E-state index contributed by atoms with van der Waals surface area (Å²) in [5.41, 5.74) is 8.58. The second-order valence-electron chi connectivity index (χ2n) is 8.52. The lowest BCUT2D eigenvalue weighted by molar-refractivity contribution is 0.0505. The van der Waals surface area contributed by atoms with Crippen LogP contribution in [0.5, 0.6) is 0 Å². The quantitative estimate of drug-likeness (QED) is 0.366. The molecule has 0 spiro atoms. The van der Waals surface area contributed by atoms with Gasteiger partial charge in [0.25, 0.3) is 0 Å². The monoisotopic (exact) mass is 380 g/mol. The van der Waals surface area contributed by atoms with Crippen LogP contribution in [0.4, 0.5) is 0 Å². The van der Waals surface area contributed by atoms with Gasteiger partial charge in [-0.3, -0.25) is 0 Å². The Kier molecular flexibility index (Phi) is 7.46. The number of hydrogen-bond acceptors (Lipinski definition) is 2. The molecule has 1 aromatic rings. The number of aryl methyl sites for hydroxylation is 1. The molecule has 1 aliphatic rings. The average molecular weight is 381 g/mol. The summed E-state index contributed by atoms with van der Waals surface area (Å²) in [6.07, 6.45) is 7.24. The summed E-state index contributed by atoms with van der Waals surface area (Å²) in [7, 11) is 0. The molecule has 0 aromatic heterocycles. The Morgan fingerprint density at radius 3 is 2.57 bits per heavy atom. The van der Waals surface area contributed by atoms with Gasteiger partial charge in [0.2, 0.25) is 0 Å². The molecule has 2 rings (SSSR count). The van der Waals surface area contributed by atoms with Gasteiger partial charge in [0.05, 0.1) is 12.2 Å². The first-order valence-electron chi connectivity index (χ1n) is 10.6. The molecular weight excluding hydrogens is 344 g/mol. The van der Waals surface area contributed by atoms with Crippen molar-refractivity contribution in [3.8, 4) is 0 Å². The molecule has 1 aromatic carbocycles. The van der Waals surface area contributed by atoms with E-state index in [2.05, 4.69) is 47.3 Å². The number of ether oxygens (including phenoxy) is 1. The van der Waals surface area contributed by atoms with Crippen molar-refractivity contribution in [3.05, 3.63) is 64.3 Å². The number of allylic oxidation sites excluding steroid dienone is 5. The van der Waals surface area contributed by atoms with Crippen LogP contribution in [-0.4, -0.2) is 12.6 Å². The lowest BCUT2D eigenvalue weighted by atomic mass is 9.67. The predicted molar refractivity (Wildman–Crippen MR) is 120 cm³/mol. The second-order valence-corrected chi connectivity index (χ2v) is 8.52. The molecule has 0 amide bonds. The number of hydrogen-bond donors (Lipinski definition) is 0. The van der Waals surface area contributed by atoms with Crippen molar-refractivity contribution in [1.82, 2.24) is 0 Å². The van der Waals surface area contributed by atoms with Crippen LogP contribution in [0.3, 0.4) is 0 Å². The molecule has 0 aliphatic heterocycles.